The Morgan fingerprint density at radius 1 is 1.36 bits per heavy atom. The van der Waals surface area contributed by atoms with Crippen LogP contribution in [-0.2, 0) is 18.4 Å². The van der Waals surface area contributed by atoms with Gasteiger partial charge in [-0.1, -0.05) is 6.08 Å². The van der Waals surface area contributed by atoms with E-state index in [0.717, 1.165) is 0 Å². The molecule has 0 radical (unpaired) electrons. The standard InChI is InChI=1S/C9H17O4P/c1-4-5-6-9(10)7-8-14(11,12-2)13-3/h4H,1,5-8H2,2-3H3. The fourth-order valence-electron chi connectivity index (χ4n) is 0.907. The molecule has 0 aliphatic carbocycles. The van der Waals surface area contributed by atoms with E-state index >= 15 is 0 Å². The summed E-state index contributed by atoms with van der Waals surface area (Å²) in [7, 11) is -0.378. The van der Waals surface area contributed by atoms with Crippen molar-refractivity contribution >= 4 is 13.4 Å². The first-order chi connectivity index (χ1) is 6.58. The fraction of sp³-hybridized carbons (Fsp3) is 0.667. The lowest BCUT2D eigenvalue weighted by molar-refractivity contribution is -0.118. The molecule has 0 saturated carbocycles. The third-order valence-electron chi connectivity index (χ3n) is 1.85. The molecule has 4 nitrogen and oxygen atoms in total. The molecule has 0 atom stereocenters. The molecule has 0 rings (SSSR count). The summed E-state index contributed by atoms with van der Waals surface area (Å²) >= 11 is 0. The van der Waals surface area contributed by atoms with Crippen LogP contribution in [0.3, 0.4) is 0 Å². The number of carbonyl (C=O) groups excluding carboxylic acids is 1. The van der Waals surface area contributed by atoms with Gasteiger partial charge in [0.15, 0.2) is 0 Å². The van der Waals surface area contributed by atoms with Crippen molar-refractivity contribution in [3.8, 4) is 0 Å². The second-order valence-electron chi connectivity index (χ2n) is 2.82. The smallest absolute Gasteiger partial charge is 0.312 e. The second-order valence-corrected chi connectivity index (χ2v) is 5.22. The predicted octanol–water partition coefficient (Wildman–Crippen LogP) is 2.40. The number of hydrogen-bond acceptors (Lipinski definition) is 4. The van der Waals surface area contributed by atoms with E-state index in [1.54, 1.807) is 6.08 Å². The summed E-state index contributed by atoms with van der Waals surface area (Å²) < 4.78 is 20.9. The number of hydrogen-bond donors (Lipinski definition) is 0. The highest BCUT2D eigenvalue weighted by atomic mass is 31.2. The van der Waals surface area contributed by atoms with Gasteiger partial charge in [0.05, 0.1) is 6.16 Å². The van der Waals surface area contributed by atoms with E-state index in [4.69, 9.17) is 9.05 Å². The maximum absolute atomic E-state index is 11.5. The number of Topliss-reactive ketones (excluding diaryl/α,β-unsaturated/α-hetero) is 1. The quantitative estimate of drug-likeness (QED) is 0.465. The van der Waals surface area contributed by atoms with Crippen molar-refractivity contribution in [2.24, 2.45) is 0 Å². The van der Waals surface area contributed by atoms with Crippen molar-refractivity contribution in [1.29, 1.82) is 0 Å². The minimum Gasteiger partial charge on any atom is -0.312 e. The molecule has 0 spiro atoms. The minimum absolute atomic E-state index is 0.0548. The van der Waals surface area contributed by atoms with Crippen LogP contribution in [0.2, 0.25) is 0 Å². The largest absolute Gasteiger partial charge is 0.330 e. The van der Waals surface area contributed by atoms with Crippen LogP contribution < -0.4 is 0 Å². The third-order valence-corrected chi connectivity index (χ3v) is 3.73. The third kappa shape index (κ3) is 5.32. The molecule has 0 amide bonds. The molecule has 0 aliphatic heterocycles. The van der Waals surface area contributed by atoms with Gasteiger partial charge < -0.3 is 9.05 Å². The first-order valence-corrected chi connectivity index (χ1v) is 6.14. The van der Waals surface area contributed by atoms with E-state index in [1.807, 2.05) is 0 Å². The summed E-state index contributed by atoms with van der Waals surface area (Å²) in [5.41, 5.74) is 0. The van der Waals surface area contributed by atoms with Crippen LogP contribution in [-0.4, -0.2) is 26.2 Å². The summed E-state index contributed by atoms with van der Waals surface area (Å²) in [6.45, 7) is 3.52. The van der Waals surface area contributed by atoms with E-state index < -0.39 is 7.60 Å². The van der Waals surface area contributed by atoms with Crippen molar-refractivity contribution in [3.05, 3.63) is 12.7 Å². The average molecular weight is 220 g/mol. The van der Waals surface area contributed by atoms with Crippen molar-refractivity contribution in [3.63, 3.8) is 0 Å². The van der Waals surface area contributed by atoms with E-state index in [1.165, 1.54) is 14.2 Å². The molecular weight excluding hydrogens is 203 g/mol. The number of allylic oxidation sites excluding steroid dienone is 1. The molecule has 0 unspecified atom stereocenters. The Morgan fingerprint density at radius 2 is 1.93 bits per heavy atom. The molecule has 0 aliphatic rings. The maximum atomic E-state index is 11.5. The van der Waals surface area contributed by atoms with Gasteiger partial charge >= 0.3 is 7.60 Å². The molecule has 5 heteroatoms. The second kappa shape index (κ2) is 6.93. The molecule has 0 aromatic heterocycles. The number of carbonyl (C=O) groups is 1. The molecule has 0 heterocycles. The highest BCUT2D eigenvalue weighted by Crippen LogP contribution is 2.46. The lowest BCUT2D eigenvalue weighted by Crippen LogP contribution is -2.03. The highest BCUT2D eigenvalue weighted by molar-refractivity contribution is 7.53. The Hall–Kier alpha value is -0.440. The Labute approximate surface area is 84.8 Å². The predicted molar refractivity (Wildman–Crippen MR) is 55.5 cm³/mol. The van der Waals surface area contributed by atoms with Gasteiger partial charge in [-0.15, -0.1) is 6.58 Å². The van der Waals surface area contributed by atoms with Gasteiger partial charge in [-0.3, -0.25) is 9.36 Å². The van der Waals surface area contributed by atoms with Crippen LogP contribution in [0.25, 0.3) is 0 Å². The molecule has 0 saturated heterocycles. The molecular formula is C9H17O4P. The highest BCUT2D eigenvalue weighted by Gasteiger charge is 2.21. The normalized spacial score (nSPS) is 11.3. The zero-order valence-corrected chi connectivity index (χ0v) is 9.59. The van der Waals surface area contributed by atoms with Crippen LogP contribution in [0.5, 0.6) is 0 Å². The Bertz CT molecular complexity index is 229. The van der Waals surface area contributed by atoms with Crippen LogP contribution >= 0.6 is 7.60 Å². The van der Waals surface area contributed by atoms with E-state index in [0.29, 0.717) is 12.8 Å². The van der Waals surface area contributed by atoms with E-state index in [-0.39, 0.29) is 18.4 Å². The van der Waals surface area contributed by atoms with Gasteiger partial charge in [0, 0.05) is 27.1 Å². The van der Waals surface area contributed by atoms with Crippen LogP contribution in [0.4, 0.5) is 0 Å². The molecule has 14 heavy (non-hydrogen) atoms. The summed E-state index contributed by atoms with van der Waals surface area (Å²) in [5.74, 6) is 0.0548. The maximum Gasteiger partial charge on any atom is 0.330 e. The molecule has 0 bridgehead atoms. The molecule has 82 valence electrons. The summed E-state index contributed by atoms with van der Waals surface area (Å²) in [5, 5.41) is 0. The fourth-order valence-corrected chi connectivity index (χ4v) is 1.94. The average Bonchev–Trinajstić information content (AvgIpc) is 2.23. The topological polar surface area (TPSA) is 52.6 Å². The Kier molecular flexibility index (Phi) is 6.71. The van der Waals surface area contributed by atoms with Crippen molar-refractivity contribution in [1.82, 2.24) is 0 Å². The van der Waals surface area contributed by atoms with Gasteiger partial charge in [0.1, 0.15) is 5.78 Å². The zero-order chi connectivity index (χ0) is 11.0. The van der Waals surface area contributed by atoms with Crippen LogP contribution in [0.1, 0.15) is 19.3 Å². The lowest BCUT2D eigenvalue weighted by Gasteiger charge is -2.12. The zero-order valence-electron chi connectivity index (χ0n) is 8.69. The van der Waals surface area contributed by atoms with E-state index in [2.05, 4.69) is 6.58 Å². The van der Waals surface area contributed by atoms with Crippen molar-refractivity contribution in [2.45, 2.75) is 19.3 Å². The van der Waals surface area contributed by atoms with Gasteiger partial charge in [-0.2, -0.15) is 0 Å². The molecule has 0 fully saturated rings. The Morgan fingerprint density at radius 3 is 2.36 bits per heavy atom. The van der Waals surface area contributed by atoms with Gasteiger partial charge in [-0.05, 0) is 6.42 Å². The van der Waals surface area contributed by atoms with Gasteiger partial charge in [0.2, 0.25) is 0 Å². The van der Waals surface area contributed by atoms with Crippen molar-refractivity contribution < 1.29 is 18.4 Å². The summed E-state index contributed by atoms with van der Waals surface area (Å²) in [6, 6.07) is 0. The first-order valence-electron chi connectivity index (χ1n) is 4.41. The van der Waals surface area contributed by atoms with Gasteiger partial charge in [-0.25, -0.2) is 0 Å². The SMILES string of the molecule is C=CCCC(=O)CCP(=O)(OC)OC. The van der Waals surface area contributed by atoms with Gasteiger partial charge in [0.25, 0.3) is 0 Å². The van der Waals surface area contributed by atoms with Crippen LogP contribution in [0.15, 0.2) is 12.7 Å². The number of rotatable bonds is 8. The first kappa shape index (κ1) is 13.6. The van der Waals surface area contributed by atoms with Crippen molar-refractivity contribution in [2.75, 3.05) is 20.4 Å². The van der Waals surface area contributed by atoms with Crippen LogP contribution in [0, 0.1) is 0 Å². The molecule has 0 N–H and O–H groups in total. The Balaban J connectivity index is 3.86. The van der Waals surface area contributed by atoms with E-state index in [9.17, 15) is 9.36 Å². The lowest BCUT2D eigenvalue weighted by atomic mass is 10.2. The number of ketones is 1. The molecule has 0 aromatic rings. The monoisotopic (exact) mass is 220 g/mol. The minimum atomic E-state index is -3.01. The summed E-state index contributed by atoms with van der Waals surface area (Å²) in [6.07, 6.45) is 3.16. The summed E-state index contributed by atoms with van der Waals surface area (Å²) in [4.78, 5) is 11.2. The molecule has 0 aromatic carbocycles.